The van der Waals surface area contributed by atoms with Gasteiger partial charge in [-0.15, -0.1) is 0 Å². The van der Waals surface area contributed by atoms with Gasteiger partial charge >= 0.3 is 24.0 Å². The Kier molecular flexibility index (Phi) is 18.6. The first-order valence-corrected chi connectivity index (χ1v) is 21.7. The molecule has 3 atom stereocenters. The van der Waals surface area contributed by atoms with Crippen molar-refractivity contribution in [3.8, 4) is 0 Å². The molecule has 320 valence electrons. The first-order valence-electron chi connectivity index (χ1n) is 21.7. The van der Waals surface area contributed by atoms with Gasteiger partial charge < -0.3 is 23.8 Å². The van der Waals surface area contributed by atoms with Crippen molar-refractivity contribution in [2.24, 2.45) is 17.8 Å². The first kappa shape index (κ1) is 47.2. The van der Waals surface area contributed by atoms with E-state index < -0.39 is 34.7 Å². The quantitative estimate of drug-likeness (QED) is 0.133. The Morgan fingerprint density at radius 1 is 0.696 bits per heavy atom. The highest BCUT2D eigenvalue weighted by molar-refractivity contribution is 5.79. The summed E-state index contributed by atoms with van der Waals surface area (Å²) < 4.78 is 22.1. The molecular formula is C44H75N3O9. The minimum absolute atomic E-state index is 0.0166. The molecule has 1 N–H and O–H groups in total. The van der Waals surface area contributed by atoms with Crippen molar-refractivity contribution in [3.05, 3.63) is 11.7 Å². The van der Waals surface area contributed by atoms with Crippen LogP contribution in [0.5, 0.6) is 0 Å². The monoisotopic (exact) mass is 790 g/mol. The van der Waals surface area contributed by atoms with Crippen molar-refractivity contribution in [2.75, 3.05) is 6.54 Å². The molecule has 1 saturated heterocycles. The fraction of sp³-hybridized carbons (Fsp3) is 0.864. The zero-order chi connectivity index (χ0) is 41.5. The molecule has 0 spiro atoms. The Hall–Kier alpha value is -3.18. The van der Waals surface area contributed by atoms with E-state index in [-0.39, 0.29) is 36.9 Å². The van der Waals surface area contributed by atoms with E-state index >= 15 is 0 Å². The van der Waals surface area contributed by atoms with Gasteiger partial charge in [0.25, 0.3) is 0 Å². The molecule has 1 aromatic heterocycles. The molecule has 56 heavy (non-hydrogen) atoms. The summed E-state index contributed by atoms with van der Waals surface area (Å²) in [5.74, 6) is 0.151. The summed E-state index contributed by atoms with van der Waals surface area (Å²) in [6.07, 6.45) is 20.2. The van der Waals surface area contributed by atoms with Crippen molar-refractivity contribution < 1.29 is 43.0 Å². The number of nitrogens with zero attached hydrogens (tertiary/aromatic N) is 3. The van der Waals surface area contributed by atoms with Gasteiger partial charge in [-0.1, -0.05) is 95.0 Å². The highest BCUT2D eigenvalue weighted by Crippen LogP contribution is 2.35. The van der Waals surface area contributed by atoms with Crippen LogP contribution in [-0.4, -0.2) is 67.5 Å². The molecule has 2 saturated carbocycles. The van der Waals surface area contributed by atoms with Crippen LogP contribution in [0.25, 0.3) is 0 Å². The van der Waals surface area contributed by atoms with Gasteiger partial charge in [0.15, 0.2) is 5.82 Å². The van der Waals surface area contributed by atoms with E-state index in [0.717, 1.165) is 50.4 Å². The van der Waals surface area contributed by atoms with Crippen LogP contribution >= 0.6 is 0 Å². The van der Waals surface area contributed by atoms with Crippen LogP contribution in [0, 0.1) is 17.8 Å². The Morgan fingerprint density at radius 3 is 1.70 bits per heavy atom. The number of hydrogen-bond acceptors (Lipinski definition) is 10. The molecule has 1 unspecified atom stereocenters. The average Bonchev–Trinajstić information content (AvgIpc) is 3.77. The van der Waals surface area contributed by atoms with Crippen molar-refractivity contribution in [1.82, 2.24) is 15.0 Å². The van der Waals surface area contributed by atoms with Crippen LogP contribution in [-0.2, 0) is 28.6 Å². The Morgan fingerprint density at radius 2 is 1.20 bits per heavy atom. The van der Waals surface area contributed by atoms with Gasteiger partial charge in [0.1, 0.15) is 16.8 Å². The zero-order valence-corrected chi connectivity index (χ0v) is 36.3. The molecule has 1 aliphatic heterocycles. The van der Waals surface area contributed by atoms with Gasteiger partial charge in [0, 0.05) is 12.5 Å². The summed E-state index contributed by atoms with van der Waals surface area (Å²) in [7, 11) is 0. The maximum absolute atomic E-state index is 12.7. The third-order valence-electron chi connectivity index (χ3n) is 10.8. The second-order valence-electron chi connectivity index (χ2n) is 19.5. The lowest BCUT2D eigenvalue weighted by Gasteiger charge is -2.27. The summed E-state index contributed by atoms with van der Waals surface area (Å²) in [6, 6.07) is -0.272. The maximum Gasteiger partial charge on any atom is 0.410 e. The predicted octanol–water partition coefficient (Wildman–Crippen LogP) is 10.9. The number of carboxylic acids is 1. The number of amides is 1. The number of aliphatic carboxylic acids is 1. The van der Waals surface area contributed by atoms with Gasteiger partial charge in [0.05, 0.1) is 24.8 Å². The molecule has 1 aromatic rings. The van der Waals surface area contributed by atoms with E-state index in [0.29, 0.717) is 24.7 Å². The smallest absolute Gasteiger partial charge is 0.410 e. The summed E-state index contributed by atoms with van der Waals surface area (Å²) >= 11 is 0. The van der Waals surface area contributed by atoms with Crippen LogP contribution in [0.3, 0.4) is 0 Å². The molecule has 12 heteroatoms. The molecule has 3 aliphatic rings. The molecule has 1 amide bonds. The number of carbonyl (C=O) groups is 4. The summed E-state index contributed by atoms with van der Waals surface area (Å²) in [5, 5.41) is 13.5. The third-order valence-corrected chi connectivity index (χ3v) is 10.8. The van der Waals surface area contributed by atoms with Crippen molar-refractivity contribution in [1.29, 1.82) is 0 Å². The third kappa shape index (κ3) is 18.4. The average molecular weight is 790 g/mol. The number of rotatable bonds is 15. The zero-order valence-electron chi connectivity index (χ0n) is 36.3. The Balaban J connectivity index is 0.000000342. The van der Waals surface area contributed by atoms with Crippen molar-refractivity contribution >= 4 is 24.0 Å². The summed E-state index contributed by atoms with van der Waals surface area (Å²) in [5.41, 5.74) is -1.66. The highest BCUT2D eigenvalue weighted by atomic mass is 16.6. The second-order valence-corrected chi connectivity index (χ2v) is 19.5. The number of carboxylic acid groups (broad SMARTS) is 1. The standard InChI is InChI=1S/C27H45N3O5.C17H30O4/c1-26(2,3)33-22(31)18-20(15-10-14-19-12-8-7-9-13-19)24-28-23(29-35-24)21-16-11-17-30(21)25(32)34-27(4,5)6;1-17(2,3)21-15(18)12-14(16(19)20)11-7-10-13-8-5-4-6-9-13/h19-21H,7-18H2,1-6H3;13-14H,4-12H2,1-3H3,(H,19,20)/t20-,21?;14-/m11/s1. The SMILES string of the molecule is CC(C)(C)OC(=O)C[C@@H](CCCC1CCCCC1)C(=O)O.CC(C)(C)OC(=O)C[C@@H](CCCC1CCCCC1)c1nc(C2CCCN2C(=O)OC(C)(C)C)no1. The number of likely N-dealkylation sites (tertiary alicyclic amines) is 1. The van der Waals surface area contributed by atoms with Crippen LogP contribution in [0.15, 0.2) is 4.52 Å². The van der Waals surface area contributed by atoms with E-state index in [9.17, 15) is 24.3 Å². The number of aromatic nitrogens is 2. The summed E-state index contributed by atoms with van der Waals surface area (Å²) in [4.78, 5) is 54.8. The van der Waals surface area contributed by atoms with Gasteiger partial charge in [-0.3, -0.25) is 19.3 Å². The largest absolute Gasteiger partial charge is 0.481 e. The lowest BCUT2D eigenvalue weighted by Crippen LogP contribution is -2.36. The molecule has 12 nitrogen and oxygen atoms in total. The normalized spacial score (nSPS) is 19.7. The van der Waals surface area contributed by atoms with Crippen LogP contribution in [0.4, 0.5) is 4.79 Å². The van der Waals surface area contributed by atoms with E-state index in [4.69, 9.17) is 23.7 Å². The molecule has 0 aromatic carbocycles. The van der Waals surface area contributed by atoms with Crippen LogP contribution in [0.2, 0.25) is 0 Å². The number of carbonyl (C=O) groups excluding carboxylic acids is 3. The van der Waals surface area contributed by atoms with Crippen molar-refractivity contribution in [3.63, 3.8) is 0 Å². The minimum atomic E-state index is -0.885. The Labute approximate surface area is 336 Å². The molecule has 4 rings (SSSR count). The van der Waals surface area contributed by atoms with Gasteiger partial charge in [-0.25, -0.2) is 4.79 Å². The lowest BCUT2D eigenvalue weighted by atomic mass is 9.84. The van der Waals surface area contributed by atoms with E-state index in [1.54, 1.807) is 25.7 Å². The molecule has 3 fully saturated rings. The van der Waals surface area contributed by atoms with Crippen LogP contribution in [0.1, 0.15) is 214 Å². The van der Waals surface area contributed by atoms with Crippen molar-refractivity contribution in [2.45, 2.75) is 219 Å². The maximum atomic E-state index is 12.7. The van der Waals surface area contributed by atoms with E-state index in [2.05, 4.69) is 5.16 Å². The second kappa shape index (κ2) is 22.1. The highest BCUT2D eigenvalue weighted by Gasteiger charge is 2.37. The van der Waals surface area contributed by atoms with Crippen LogP contribution < -0.4 is 0 Å². The summed E-state index contributed by atoms with van der Waals surface area (Å²) in [6.45, 7) is 17.2. The molecular weight excluding hydrogens is 714 g/mol. The number of esters is 2. The van der Waals surface area contributed by atoms with Gasteiger partial charge in [-0.05, 0) is 99.8 Å². The van der Waals surface area contributed by atoms with E-state index in [1.807, 2.05) is 41.5 Å². The van der Waals surface area contributed by atoms with E-state index in [1.165, 1.54) is 70.6 Å². The first-order chi connectivity index (χ1) is 26.2. The number of ether oxygens (including phenoxy) is 3. The Bertz CT molecular complexity index is 1360. The topological polar surface area (TPSA) is 158 Å². The molecule has 2 heterocycles. The number of hydrogen-bond donors (Lipinski definition) is 1. The fourth-order valence-corrected chi connectivity index (χ4v) is 8.17. The minimum Gasteiger partial charge on any atom is -0.481 e. The predicted molar refractivity (Wildman–Crippen MR) is 215 cm³/mol. The fourth-order valence-electron chi connectivity index (χ4n) is 8.17. The molecule has 0 bridgehead atoms. The lowest BCUT2D eigenvalue weighted by molar-refractivity contribution is -0.160. The van der Waals surface area contributed by atoms with Gasteiger partial charge in [-0.2, -0.15) is 4.98 Å². The van der Waals surface area contributed by atoms with Gasteiger partial charge in [0.2, 0.25) is 5.89 Å². The molecule has 2 aliphatic carbocycles. The molecule has 0 radical (unpaired) electrons.